The number of aryl methyl sites for hydroxylation is 1. The Bertz CT molecular complexity index is 808. The van der Waals surface area contributed by atoms with Crippen LogP contribution in [0.3, 0.4) is 0 Å². The normalized spacial score (nSPS) is 12.3. The third kappa shape index (κ3) is 3.11. The van der Waals surface area contributed by atoms with Crippen LogP contribution < -0.4 is 5.32 Å². The molecule has 1 N–H and O–H groups in total. The lowest BCUT2D eigenvalue weighted by Crippen LogP contribution is -2.29. The van der Waals surface area contributed by atoms with Gasteiger partial charge in [-0.25, -0.2) is 0 Å². The highest BCUT2D eigenvalue weighted by molar-refractivity contribution is 5.85. The number of nitrogens with zero attached hydrogens (tertiary/aromatic N) is 2. The average Bonchev–Trinajstić information content (AvgIpc) is 2.91. The lowest BCUT2D eigenvalue weighted by atomic mass is 9.95. The number of para-hydroxylation sites is 1. The van der Waals surface area contributed by atoms with Crippen LogP contribution in [0.25, 0.3) is 10.9 Å². The molecule has 0 saturated carbocycles. The van der Waals surface area contributed by atoms with E-state index in [1.165, 1.54) is 0 Å². The Morgan fingerprint density at radius 2 is 1.83 bits per heavy atom. The SMILES string of the molecule is CCC(C(=O)NCc1nn(C)c2ccccc12)c1ccccc1. The van der Waals surface area contributed by atoms with Crippen molar-refractivity contribution in [2.24, 2.45) is 7.05 Å². The zero-order valence-corrected chi connectivity index (χ0v) is 13.5. The second-order valence-corrected chi connectivity index (χ2v) is 5.68. The van der Waals surface area contributed by atoms with Gasteiger partial charge in [0.15, 0.2) is 0 Å². The molecule has 0 bridgehead atoms. The van der Waals surface area contributed by atoms with Crippen molar-refractivity contribution in [2.75, 3.05) is 0 Å². The molecule has 0 aliphatic rings. The number of fused-ring (bicyclic) bond motifs is 1. The summed E-state index contributed by atoms with van der Waals surface area (Å²) in [6.45, 7) is 2.48. The number of rotatable bonds is 5. The maximum absolute atomic E-state index is 12.5. The minimum absolute atomic E-state index is 0.0495. The fraction of sp³-hybridized carbons (Fsp3) is 0.263. The zero-order chi connectivity index (χ0) is 16.2. The van der Waals surface area contributed by atoms with E-state index in [2.05, 4.69) is 10.4 Å². The molecule has 0 aliphatic carbocycles. The number of hydrogen-bond acceptors (Lipinski definition) is 2. The van der Waals surface area contributed by atoms with Gasteiger partial charge >= 0.3 is 0 Å². The Morgan fingerprint density at radius 3 is 2.57 bits per heavy atom. The van der Waals surface area contributed by atoms with E-state index in [0.717, 1.165) is 28.6 Å². The molecule has 0 radical (unpaired) electrons. The predicted molar refractivity (Wildman–Crippen MR) is 92.0 cm³/mol. The van der Waals surface area contributed by atoms with Crippen LogP contribution >= 0.6 is 0 Å². The van der Waals surface area contributed by atoms with Crippen molar-refractivity contribution in [1.29, 1.82) is 0 Å². The van der Waals surface area contributed by atoms with Gasteiger partial charge in [0.1, 0.15) is 0 Å². The van der Waals surface area contributed by atoms with Crippen LogP contribution in [-0.4, -0.2) is 15.7 Å². The van der Waals surface area contributed by atoms with Crippen molar-refractivity contribution < 1.29 is 4.79 Å². The molecule has 0 spiro atoms. The molecule has 0 saturated heterocycles. The Kier molecular flexibility index (Phi) is 4.42. The van der Waals surface area contributed by atoms with Gasteiger partial charge in [-0.15, -0.1) is 0 Å². The summed E-state index contributed by atoms with van der Waals surface area (Å²) in [4.78, 5) is 12.5. The van der Waals surface area contributed by atoms with E-state index in [9.17, 15) is 4.79 Å². The highest BCUT2D eigenvalue weighted by Crippen LogP contribution is 2.20. The average molecular weight is 307 g/mol. The van der Waals surface area contributed by atoms with E-state index in [0.29, 0.717) is 6.54 Å². The van der Waals surface area contributed by atoms with E-state index in [1.807, 2.05) is 73.3 Å². The van der Waals surface area contributed by atoms with Gasteiger partial charge in [0.05, 0.1) is 23.7 Å². The topological polar surface area (TPSA) is 46.9 Å². The van der Waals surface area contributed by atoms with E-state index in [-0.39, 0.29) is 11.8 Å². The number of carbonyl (C=O) groups is 1. The first-order valence-corrected chi connectivity index (χ1v) is 7.94. The van der Waals surface area contributed by atoms with Gasteiger partial charge in [0.2, 0.25) is 5.91 Å². The number of nitrogens with one attached hydrogen (secondary N) is 1. The van der Waals surface area contributed by atoms with Gasteiger partial charge in [-0.05, 0) is 18.1 Å². The quantitative estimate of drug-likeness (QED) is 0.785. The number of benzene rings is 2. The Balaban J connectivity index is 1.75. The van der Waals surface area contributed by atoms with Gasteiger partial charge in [-0.1, -0.05) is 55.5 Å². The maximum atomic E-state index is 12.5. The molecule has 1 aromatic heterocycles. The minimum atomic E-state index is -0.119. The smallest absolute Gasteiger partial charge is 0.227 e. The third-order valence-electron chi connectivity index (χ3n) is 4.19. The van der Waals surface area contributed by atoms with Gasteiger partial charge in [-0.2, -0.15) is 5.10 Å². The van der Waals surface area contributed by atoms with Gasteiger partial charge < -0.3 is 5.32 Å². The summed E-state index contributed by atoms with van der Waals surface area (Å²) in [5, 5.41) is 8.65. The number of hydrogen-bond donors (Lipinski definition) is 1. The molecule has 23 heavy (non-hydrogen) atoms. The first kappa shape index (κ1) is 15.3. The third-order valence-corrected chi connectivity index (χ3v) is 4.19. The van der Waals surface area contributed by atoms with Crippen molar-refractivity contribution >= 4 is 16.8 Å². The summed E-state index contributed by atoms with van der Waals surface area (Å²) in [6, 6.07) is 18.0. The molecule has 0 aliphatic heterocycles. The maximum Gasteiger partial charge on any atom is 0.227 e. The molecule has 0 fully saturated rings. The Hall–Kier alpha value is -2.62. The number of carbonyl (C=O) groups excluding carboxylic acids is 1. The lowest BCUT2D eigenvalue weighted by molar-refractivity contribution is -0.122. The fourth-order valence-corrected chi connectivity index (χ4v) is 2.97. The lowest BCUT2D eigenvalue weighted by Gasteiger charge is -2.15. The van der Waals surface area contributed by atoms with E-state index >= 15 is 0 Å². The Labute approximate surface area is 136 Å². The monoisotopic (exact) mass is 307 g/mol. The van der Waals surface area contributed by atoms with Gasteiger partial charge in [-0.3, -0.25) is 9.48 Å². The number of amides is 1. The molecule has 3 rings (SSSR count). The molecule has 2 aromatic carbocycles. The van der Waals surface area contributed by atoms with Gasteiger partial charge in [0.25, 0.3) is 0 Å². The summed E-state index contributed by atoms with van der Waals surface area (Å²) < 4.78 is 1.85. The van der Waals surface area contributed by atoms with Crippen LogP contribution in [-0.2, 0) is 18.4 Å². The van der Waals surface area contributed by atoms with E-state index in [1.54, 1.807) is 0 Å². The first-order chi connectivity index (χ1) is 11.2. The van der Waals surface area contributed by atoms with Crippen LogP contribution in [0.1, 0.15) is 30.5 Å². The van der Waals surface area contributed by atoms with Crippen LogP contribution in [0.15, 0.2) is 54.6 Å². The Morgan fingerprint density at radius 1 is 1.13 bits per heavy atom. The molecule has 118 valence electrons. The summed E-state index contributed by atoms with van der Waals surface area (Å²) in [5.74, 6) is -0.0698. The summed E-state index contributed by atoms with van der Waals surface area (Å²) in [6.07, 6.45) is 0.777. The number of aromatic nitrogens is 2. The highest BCUT2D eigenvalue weighted by Gasteiger charge is 2.18. The van der Waals surface area contributed by atoms with E-state index < -0.39 is 0 Å². The van der Waals surface area contributed by atoms with Crippen molar-refractivity contribution in [2.45, 2.75) is 25.8 Å². The molecule has 3 aromatic rings. The van der Waals surface area contributed by atoms with Crippen molar-refractivity contribution in [1.82, 2.24) is 15.1 Å². The second-order valence-electron chi connectivity index (χ2n) is 5.68. The summed E-state index contributed by atoms with van der Waals surface area (Å²) in [5.41, 5.74) is 3.03. The molecule has 1 amide bonds. The van der Waals surface area contributed by atoms with Crippen LogP contribution in [0, 0.1) is 0 Å². The van der Waals surface area contributed by atoms with Crippen LogP contribution in [0.4, 0.5) is 0 Å². The van der Waals surface area contributed by atoms with Gasteiger partial charge in [0, 0.05) is 12.4 Å². The van der Waals surface area contributed by atoms with Crippen molar-refractivity contribution in [3.8, 4) is 0 Å². The highest BCUT2D eigenvalue weighted by atomic mass is 16.1. The molecule has 1 atom stereocenters. The molecular weight excluding hydrogens is 286 g/mol. The summed E-state index contributed by atoms with van der Waals surface area (Å²) >= 11 is 0. The van der Waals surface area contributed by atoms with Crippen LogP contribution in [0.2, 0.25) is 0 Å². The van der Waals surface area contributed by atoms with Crippen LogP contribution in [0.5, 0.6) is 0 Å². The molecule has 4 heteroatoms. The first-order valence-electron chi connectivity index (χ1n) is 7.94. The predicted octanol–water partition coefficient (Wildman–Crippen LogP) is 3.38. The second kappa shape index (κ2) is 6.65. The largest absolute Gasteiger partial charge is 0.350 e. The minimum Gasteiger partial charge on any atom is -0.350 e. The zero-order valence-electron chi connectivity index (χ0n) is 13.5. The van der Waals surface area contributed by atoms with Crippen molar-refractivity contribution in [3.05, 3.63) is 65.9 Å². The standard InChI is InChI=1S/C19H21N3O/c1-3-15(14-9-5-4-6-10-14)19(23)20-13-17-16-11-7-8-12-18(16)22(2)21-17/h4-12,15H,3,13H2,1-2H3,(H,20,23). The molecule has 1 heterocycles. The molecule has 4 nitrogen and oxygen atoms in total. The molecular formula is C19H21N3O. The van der Waals surface area contributed by atoms with Crippen molar-refractivity contribution in [3.63, 3.8) is 0 Å². The fourth-order valence-electron chi connectivity index (χ4n) is 2.97. The summed E-state index contributed by atoms with van der Waals surface area (Å²) in [7, 11) is 1.92. The molecule has 1 unspecified atom stereocenters. The van der Waals surface area contributed by atoms with E-state index in [4.69, 9.17) is 0 Å².